The molecule has 226 valence electrons. The van der Waals surface area contributed by atoms with Gasteiger partial charge in [-0.1, -0.05) is 54.6 Å². The Balaban J connectivity index is 1.36. The number of benzene rings is 3. The van der Waals surface area contributed by atoms with Crippen molar-refractivity contribution in [3.63, 3.8) is 0 Å². The molecule has 0 spiro atoms. The standard InChI is InChI=1S/C32H25N5O8/c38-29(21-10-4-1-5-11-21)42-18-24-26(44-30(39)22-12-6-2-7-13-22)27(45-31(40)23-14-8-3-9-15-23)28(43-24)36-17-16-25(35-32(36)41)37-20-33-19-34-37/h1-17,19-20,24,26-28H,18H2/t24-,26-,27-,28-/m1/s1. The van der Waals surface area contributed by atoms with Gasteiger partial charge in [0, 0.05) is 6.20 Å². The molecule has 13 nitrogen and oxygen atoms in total. The van der Waals surface area contributed by atoms with Gasteiger partial charge in [-0.3, -0.25) is 4.57 Å². The lowest BCUT2D eigenvalue weighted by Crippen LogP contribution is -2.42. The number of aromatic nitrogens is 5. The molecule has 0 aliphatic carbocycles. The second kappa shape index (κ2) is 13.1. The first-order chi connectivity index (χ1) is 22.0. The number of esters is 3. The van der Waals surface area contributed by atoms with Crippen LogP contribution in [-0.4, -0.2) is 67.1 Å². The number of rotatable bonds is 9. The van der Waals surface area contributed by atoms with Gasteiger partial charge in [-0.15, -0.1) is 0 Å². The van der Waals surface area contributed by atoms with Gasteiger partial charge in [0.25, 0.3) is 0 Å². The largest absolute Gasteiger partial charge is 0.459 e. The molecule has 0 bridgehead atoms. The third kappa shape index (κ3) is 6.53. The van der Waals surface area contributed by atoms with Crippen molar-refractivity contribution in [3.05, 3.63) is 143 Å². The highest BCUT2D eigenvalue weighted by molar-refractivity contribution is 5.91. The van der Waals surface area contributed by atoms with Crippen molar-refractivity contribution in [2.24, 2.45) is 0 Å². The summed E-state index contributed by atoms with van der Waals surface area (Å²) in [6.07, 6.45) is -1.09. The lowest BCUT2D eigenvalue weighted by Gasteiger charge is -2.25. The molecule has 5 aromatic rings. The predicted octanol–water partition coefficient (Wildman–Crippen LogP) is 3.03. The molecule has 1 aliphatic heterocycles. The van der Waals surface area contributed by atoms with Crippen LogP contribution in [0.15, 0.2) is 121 Å². The zero-order chi connectivity index (χ0) is 31.2. The van der Waals surface area contributed by atoms with Gasteiger partial charge in [-0.05, 0) is 42.5 Å². The van der Waals surface area contributed by atoms with E-state index < -0.39 is 54.7 Å². The first-order valence-corrected chi connectivity index (χ1v) is 13.8. The van der Waals surface area contributed by atoms with Crippen molar-refractivity contribution in [1.82, 2.24) is 24.3 Å². The summed E-state index contributed by atoms with van der Waals surface area (Å²) < 4.78 is 25.9. The Morgan fingerprint density at radius 3 is 1.82 bits per heavy atom. The van der Waals surface area contributed by atoms with E-state index in [0.29, 0.717) is 5.56 Å². The molecule has 0 radical (unpaired) electrons. The number of carbonyl (C=O) groups is 3. The molecule has 6 rings (SSSR count). The van der Waals surface area contributed by atoms with Crippen LogP contribution in [-0.2, 0) is 18.9 Å². The SMILES string of the molecule is O=C(OC[C@H]1O[C@@H](n2ccc(-n3cncn3)nc2=O)[C@H](OC(=O)c2ccccc2)[C@@H]1OC(=O)c1ccccc1)c1ccccc1. The summed E-state index contributed by atoms with van der Waals surface area (Å²) in [7, 11) is 0. The fraction of sp³-hybridized carbons (Fsp3) is 0.156. The summed E-state index contributed by atoms with van der Waals surface area (Å²) >= 11 is 0. The van der Waals surface area contributed by atoms with E-state index in [2.05, 4.69) is 15.1 Å². The van der Waals surface area contributed by atoms with Crippen molar-refractivity contribution < 1.29 is 33.3 Å². The van der Waals surface area contributed by atoms with Crippen molar-refractivity contribution in [2.75, 3.05) is 6.61 Å². The van der Waals surface area contributed by atoms with Crippen LogP contribution < -0.4 is 5.69 Å². The number of nitrogens with zero attached hydrogens (tertiary/aromatic N) is 5. The number of carbonyl (C=O) groups excluding carboxylic acids is 3. The third-order valence-electron chi connectivity index (χ3n) is 6.92. The minimum absolute atomic E-state index is 0.185. The highest BCUT2D eigenvalue weighted by Gasteiger charge is 2.51. The van der Waals surface area contributed by atoms with Crippen LogP contribution in [0.2, 0.25) is 0 Å². The molecule has 3 heterocycles. The maximum absolute atomic E-state index is 13.3. The highest BCUT2D eigenvalue weighted by Crippen LogP contribution is 2.35. The minimum atomic E-state index is -1.36. The van der Waals surface area contributed by atoms with Gasteiger partial charge in [0.15, 0.2) is 24.3 Å². The normalized spacial score (nSPS) is 19.0. The zero-order valence-corrected chi connectivity index (χ0v) is 23.5. The molecule has 0 N–H and O–H groups in total. The molecule has 0 amide bonds. The van der Waals surface area contributed by atoms with Gasteiger partial charge >= 0.3 is 23.6 Å². The summed E-state index contributed by atoms with van der Waals surface area (Å²) in [5.41, 5.74) is -0.0367. The second-order valence-electron chi connectivity index (χ2n) is 9.82. The molecule has 13 heteroatoms. The molecule has 0 saturated carbocycles. The summed E-state index contributed by atoms with van der Waals surface area (Å²) in [5.74, 6) is -1.95. The lowest BCUT2D eigenvalue weighted by molar-refractivity contribution is -0.0639. The fourth-order valence-corrected chi connectivity index (χ4v) is 4.73. The van der Waals surface area contributed by atoms with E-state index in [9.17, 15) is 19.2 Å². The Morgan fingerprint density at radius 1 is 0.733 bits per heavy atom. The topological polar surface area (TPSA) is 154 Å². The molecular weight excluding hydrogens is 582 g/mol. The molecule has 3 aromatic carbocycles. The van der Waals surface area contributed by atoms with E-state index in [1.54, 1.807) is 91.0 Å². The molecule has 1 aliphatic rings. The molecule has 1 fully saturated rings. The van der Waals surface area contributed by atoms with Gasteiger partial charge in [0.1, 0.15) is 25.4 Å². The quantitative estimate of drug-likeness (QED) is 0.179. The van der Waals surface area contributed by atoms with Crippen LogP contribution in [0.25, 0.3) is 5.82 Å². The number of hydrogen-bond acceptors (Lipinski definition) is 11. The van der Waals surface area contributed by atoms with Crippen LogP contribution >= 0.6 is 0 Å². The van der Waals surface area contributed by atoms with Gasteiger partial charge in [-0.25, -0.2) is 28.8 Å². The summed E-state index contributed by atoms with van der Waals surface area (Å²) in [4.78, 5) is 60.6. The lowest BCUT2D eigenvalue weighted by atomic mass is 10.1. The Kier molecular flexibility index (Phi) is 8.51. The number of ether oxygens (including phenoxy) is 4. The van der Waals surface area contributed by atoms with E-state index >= 15 is 0 Å². The minimum Gasteiger partial charge on any atom is -0.459 e. The second-order valence-corrected chi connectivity index (χ2v) is 9.82. The third-order valence-corrected chi connectivity index (χ3v) is 6.92. The fourth-order valence-electron chi connectivity index (χ4n) is 4.73. The van der Waals surface area contributed by atoms with Crippen LogP contribution in [0, 0.1) is 0 Å². The zero-order valence-electron chi connectivity index (χ0n) is 23.5. The van der Waals surface area contributed by atoms with Crippen molar-refractivity contribution in [2.45, 2.75) is 24.5 Å². The van der Waals surface area contributed by atoms with E-state index in [4.69, 9.17) is 18.9 Å². The van der Waals surface area contributed by atoms with E-state index in [0.717, 1.165) is 4.57 Å². The van der Waals surface area contributed by atoms with E-state index in [-0.39, 0.29) is 16.9 Å². The molecule has 0 unspecified atom stereocenters. The average Bonchev–Trinajstić information content (AvgIpc) is 3.74. The summed E-state index contributed by atoms with van der Waals surface area (Å²) in [5, 5.41) is 3.98. The van der Waals surface area contributed by atoms with E-state index in [1.807, 2.05) is 0 Å². The van der Waals surface area contributed by atoms with Gasteiger partial charge in [0.2, 0.25) is 0 Å². The van der Waals surface area contributed by atoms with Gasteiger partial charge in [-0.2, -0.15) is 10.1 Å². The van der Waals surface area contributed by atoms with Crippen molar-refractivity contribution in [3.8, 4) is 5.82 Å². The highest BCUT2D eigenvalue weighted by atomic mass is 16.7. The van der Waals surface area contributed by atoms with Crippen molar-refractivity contribution in [1.29, 1.82) is 0 Å². The van der Waals surface area contributed by atoms with Gasteiger partial charge < -0.3 is 18.9 Å². The maximum atomic E-state index is 13.3. The maximum Gasteiger partial charge on any atom is 0.351 e. The van der Waals surface area contributed by atoms with Crippen LogP contribution in [0.5, 0.6) is 0 Å². The summed E-state index contributed by atoms with van der Waals surface area (Å²) in [6, 6.07) is 26.1. The Hall–Kier alpha value is -5.95. The monoisotopic (exact) mass is 607 g/mol. The van der Waals surface area contributed by atoms with Crippen LogP contribution in [0.4, 0.5) is 0 Å². The Bertz CT molecular complexity index is 1830. The average molecular weight is 608 g/mol. The molecule has 1 saturated heterocycles. The molecule has 2 aromatic heterocycles. The Labute approximate surface area is 255 Å². The predicted molar refractivity (Wildman–Crippen MR) is 155 cm³/mol. The smallest absolute Gasteiger partial charge is 0.351 e. The summed E-state index contributed by atoms with van der Waals surface area (Å²) in [6.45, 7) is -0.393. The molecular formula is C32H25N5O8. The molecule has 4 atom stereocenters. The van der Waals surface area contributed by atoms with Crippen LogP contribution in [0.3, 0.4) is 0 Å². The first kappa shape index (κ1) is 29.1. The van der Waals surface area contributed by atoms with E-state index in [1.165, 1.54) is 29.6 Å². The van der Waals surface area contributed by atoms with Crippen molar-refractivity contribution >= 4 is 17.9 Å². The van der Waals surface area contributed by atoms with Crippen LogP contribution in [0.1, 0.15) is 37.3 Å². The molecule has 45 heavy (non-hydrogen) atoms. The Morgan fingerprint density at radius 2 is 1.29 bits per heavy atom. The number of hydrogen-bond donors (Lipinski definition) is 0. The van der Waals surface area contributed by atoms with Gasteiger partial charge in [0.05, 0.1) is 16.7 Å². The first-order valence-electron chi connectivity index (χ1n) is 13.8.